The summed E-state index contributed by atoms with van der Waals surface area (Å²) in [5.41, 5.74) is 0.162. The second-order valence-corrected chi connectivity index (χ2v) is 11.4. The van der Waals surface area contributed by atoms with Crippen LogP contribution in [0.5, 0.6) is 17.2 Å². The topological polar surface area (TPSA) is 54.0 Å². The fraction of sp³-hybridized carbons (Fsp3) is 0.552. The van der Waals surface area contributed by atoms with Crippen molar-refractivity contribution in [2.45, 2.75) is 65.0 Å². The lowest BCUT2D eigenvalue weighted by molar-refractivity contribution is -0.275. The maximum absolute atomic E-state index is 13.1. The van der Waals surface area contributed by atoms with Crippen LogP contribution in [0.1, 0.15) is 62.7 Å². The summed E-state index contributed by atoms with van der Waals surface area (Å²) in [5.74, 6) is 0.978. The SMILES string of the molecule is CC(C)C(OCC12CC3CC(CC(C3)C1)C2)Oc1cc(C(=O)Oc2ccccc2)ccc1OC(F)(F)F. The molecule has 0 radical (unpaired) electrons. The number of para-hydroxylation sites is 1. The molecule has 0 amide bonds. The van der Waals surface area contributed by atoms with Gasteiger partial charge in [0.15, 0.2) is 11.5 Å². The maximum Gasteiger partial charge on any atom is 0.573 e. The first-order chi connectivity index (χ1) is 17.6. The number of halogens is 3. The predicted octanol–water partition coefficient (Wildman–Crippen LogP) is 7.40. The van der Waals surface area contributed by atoms with Gasteiger partial charge in [-0.25, -0.2) is 4.79 Å². The van der Waals surface area contributed by atoms with Crippen molar-refractivity contribution in [1.82, 2.24) is 0 Å². The van der Waals surface area contributed by atoms with E-state index in [9.17, 15) is 18.0 Å². The van der Waals surface area contributed by atoms with Crippen molar-refractivity contribution in [3.63, 3.8) is 0 Å². The van der Waals surface area contributed by atoms with Gasteiger partial charge in [0.1, 0.15) is 5.75 Å². The number of hydrogen-bond acceptors (Lipinski definition) is 5. The molecule has 0 heterocycles. The fourth-order valence-corrected chi connectivity index (χ4v) is 6.80. The van der Waals surface area contributed by atoms with E-state index in [1.807, 2.05) is 13.8 Å². The van der Waals surface area contributed by atoms with Crippen LogP contribution in [0.3, 0.4) is 0 Å². The second-order valence-electron chi connectivity index (χ2n) is 11.4. The van der Waals surface area contributed by atoms with Crippen molar-refractivity contribution >= 4 is 5.97 Å². The predicted molar refractivity (Wildman–Crippen MR) is 130 cm³/mol. The van der Waals surface area contributed by atoms with E-state index in [0.717, 1.165) is 43.1 Å². The van der Waals surface area contributed by atoms with Crippen molar-refractivity contribution in [2.24, 2.45) is 29.1 Å². The Morgan fingerprint density at radius 2 is 1.57 bits per heavy atom. The molecule has 37 heavy (non-hydrogen) atoms. The molecule has 4 aliphatic carbocycles. The third kappa shape index (κ3) is 6.22. The van der Waals surface area contributed by atoms with Gasteiger partial charge in [-0.15, -0.1) is 13.2 Å². The van der Waals surface area contributed by atoms with E-state index < -0.39 is 24.4 Å². The van der Waals surface area contributed by atoms with Crippen molar-refractivity contribution in [2.75, 3.05) is 6.61 Å². The molecule has 8 heteroatoms. The molecule has 2 aromatic rings. The maximum atomic E-state index is 13.1. The summed E-state index contributed by atoms with van der Waals surface area (Å²) in [7, 11) is 0. The van der Waals surface area contributed by atoms with E-state index in [2.05, 4.69) is 4.74 Å². The van der Waals surface area contributed by atoms with Gasteiger partial charge in [-0.05, 0) is 92.0 Å². The van der Waals surface area contributed by atoms with E-state index in [4.69, 9.17) is 14.2 Å². The minimum atomic E-state index is -4.92. The zero-order valence-electron chi connectivity index (χ0n) is 21.1. The lowest BCUT2D eigenvalue weighted by Crippen LogP contribution is -2.49. The number of carbonyl (C=O) groups excluding carboxylic acids is 1. The Morgan fingerprint density at radius 1 is 0.946 bits per heavy atom. The summed E-state index contributed by atoms with van der Waals surface area (Å²) in [4.78, 5) is 12.7. The first kappa shape index (κ1) is 25.9. The second kappa shape index (κ2) is 10.2. The molecule has 4 saturated carbocycles. The largest absolute Gasteiger partial charge is 0.573 e. The number of benzene rings is 2. The molecule has 1 unspecified atom stereocenters. The molecular weight excluding hydrogens is 485 g/mol. The normalized spacial score (nSPS) is 27.2. The smallest absolute Gasteiger partial charge is 0.461 e. The van der Waals surface area contributed by atoms with Crippen LogP contribution >= 0.6 is 0 Å². The van der Waals surface area contributed by atoms with Crippen molar-refractivity contribution in [1.29, 1.82) is 0 Å². The molecule has 1 atom stereocenters. The summed E-state index contributed by atoms with van der Waals surface area (Å²) in [6.07, 6.45) is 1.66. The lowest BCUT2D eigenvalue weighted by atomic mass is 9.50. The molecular formula is C29H33F3O5. The van der Waals surface area contributed by atoms with Gasteiger partial charge in [0.2, 0.25) is 6.29 Å². The molecule has 6 rings (SSSR count). The average Bonchev–Trinajstić information content (AvgIpc) is 2.81. The minimum absolute atomic E-state index is 0.0389. The molecule has 0 aromatic heterocycles. The van der Waals surface area contributed by atoms with Crippen LogP contribution in [-0.4, -0.2) is 25.2 Å². The number of hydrogen-bond donors (Lipinski definition) is 0. The van der Waals surface area contributed by atoms with Crippen LogP contribution in [-0.2, 0) is 4.74 Å². The highest BCUT2D eigenvalue weighted by Crippen LogP contribution is 2.60. The van der Waals surface area contributed by atoms with E-state index >= 15 is 0 Å². The van der Waals surface area contributed by atoms with Gasteiger partial charge in [0.05, 0.1) is 12.2 Å². The van der Waals surface area contributed by atoms with Crippen LogP contribution in [0.2, 0.25) is 0 Å². The Labute approximate surface area is 215 Å². The van der Waals surface area contributed by atoms with Gasteiger partial charge in [-0.3, -0.25) is 0 Å². The zero-order valence-corrected chi connectivity index (χ0v) is 21.1. The van der Waals surface area contributed by atoms with Gasteiger partial charge in [-0.2, -0.15) is 0 Å². The lowest BCUT2D eigenvalue weighted by Gasteiger charge is -2.56. The van der Waals surface area contributed by atoms with E-state index in [1.54, 1.807) is 30.3 Å². The first-order valence-electron chi connectivity index (χ1n) is 13.0. The molecule has 0 N–H and O–H groups in total. The zero-order chi connectivity index (χ0) is 26.2. The Hall–Kier alpha value is -2.74. The number of alkyl halides is 3. The Balaban J connectivity index is 1.34. The number of carbonyl (C=O) groups is 1. The molecule has 4 fully saturated rings. The fourth-order valence-electron chi connectivity index (χ4n) is 6.80. The minimum Gasteiger partial charge on any atom is -0.461 e. The molecule has 0 saturated heterocycles. The molecule has 4 bridgehead atoms. The molecule has 0 spiro atoms. The van der Waals surface area contributed by atoms with Crippen LogP contribution in [0.15, 0.2) is 48.5 Å². The third-order valence-electron chi connectivity index (χ3n) is 7.87. The summed E-state index contributed by atoms with van der Waals surface area (Å²) >= 11 is 0. The van der Waals surface area contributed by atoms with Crippen LogP contribution < -0.4 is 14.2 Å². The van der Waals surface area contributed by atoms with Gasteiger partial charge in [0.25, 0.3) is 0 Å². The van der Waals surface area contributed by atoms with Crippen LogP contribution in [0.25, 0.3) is 0 Å². The average molecular weight is 519 g/mol. The van der Waals surface area contributed by atoms with E-state index in [1.165, 1.54) is 31.4 Å². The summed E-state index contributed by atoms with van der Waals surface area (Å²) in [6.45, 7) is 4.30. The number of esters is 1. The van der Waals surface area contributed by atoms with Gasteiger partial charge < -0.3 is 18.9 Å². The van der Waals surface area contributed by atoms with Gasteiger partial charge >= 0.3 is 12.3 Å². The van der Waals surface area contributed by atoms with Crippen LogP contribution in [0.4, 0.5) is 13.2 Å². The highest BCUT2D eigenvalue weighted by Gasteiger charge is 2.51. The highest BCUT2D eigenvalue weighted by molar-refractivity contribution is 5.91. The van der Waals surface area contributed by atoms with E-state index in [0.29, 0.717) is 12.4 Å². The Morgan fingerprint density at radius 3 is 2.14 bits per heavy atom. The number of rotatable bonds is 9. The van der Waals surface area contributed by atoms with Crippen molar-refractivity contribution < 1.29 is 36.9 Å². The van der Waals surface area contributed by atoms with Crippen LogP contribution in [0, 0.1) is 29.1 Å². The molecule has 5 nitrogen and oxygen atoms in total. The molecule has 2 aromatic carbocycles. The molecule has 0 aliphatic heterocycles. The monoisotopic (exact) mass is 518 g/mol. The summed E-state index contributed by atoms with van der Waals surface area (Å²) < 4.78 is 61.3. The highest BCUT2D eigenvalue weighted by atomic mass is 19.4. The standard InChI is InChI=1S/C29H33F3O5/c1-18(2)27(34-17-28-14-19-10-20(15-28)12-21(11-19)16-28)36-25-13-22(8-9-24(25)37-29(30,31)32)26(33)35-23-6-4-3-5-7-23/h3-9,13,18-21,27H,10-12,14-17H2,1-2H3. The molecule has 200 valence electrons. The summed E-state index contributed by atoms with van der Waals surface area (Å²) in [5, 5.41) is 0. The quantitative estimate of drug-likeness (QED) is 0.197. The Kier molecular flexibility index (Phi) is 7.14. The van der Waals surface area contributed by atoms with Gasteiger partial charge in [0, 0.05) is 5.92 Å². The third-order valence-corrected chi connectivity index (χ3v) is 7.87. The Bertz CT molecular complexity index is 1060. The van der Waals surface area contributed by atoms with E-state index in [-0.39, 0.29) is 22.6 Å². The van der Waals surface area contributed by atoms with Gasteiger partial charge in [-0.1, -0.05) is 32.0 Å². The molecule has 4 aliphatic rings. The van der Waals surface area contributed by atoms with Crippen molar-refractivity contribution in [3.05, 3.63) is 54.1 Å². The summed E-state index contributed by atoms with van der Waals surface area (Å²) in [6, 6.07) is 11.9. The first-order valence-corrected chi connectivity index (χ1v) is 13.0. The van der Waals surface area contributed by atoms with Crippen molar-refractivity contribution in [3.8, 4) is 17.2 Å². The number of ether oxygens (including phenoxy) is 4.